The number of nitrogen functional groups attached to an aromatic ring is 1. The number of aromatic nitrogens is 3. The second-order valence-corrected chi connectivity index (χ2v) is 6.07. The standard InChI is InChI=1S/C20H17N5O2/c1-25-12-15(11-23-25)14-5-7-17(22-10-14)20(26)24-18-9-13(4-6-16(18)21)19-3-2-8-27-19/h2-12H,21H2,1H3,(H,24,26). The van der Waals surface area contributed by atoms with Crippen LogP contribution in [-0.2, 0) is 7.05 Å². The third-order valence-corrected chi connectivity index (χ3v) is 4.14. The molecule has 0 aliphatic carbocycles. The summed E-state index contributed by atoms with van der Waals surface area (Å²) in [7, 11) is 1.85. The Kier molecular flexibility index (Phi) is 4.18. The predicted molar refractivity (Wildman–Crippen MR) is 103 cm³/mol. The van der Waals surface area contributed by atoms with Gasteiger partial charge in [0.2, 0.25) is 0 Å². The zero-order valence-electron chi connectivity index (χ0n) is 14.6. The third kappa shape index (κ3) is 3.43. The molecule has 134 valence electrons. The Bertz CT molecular complexity index is 1080. The summed E-state index contributed by atoms with van der Waals surface area (Å²) in [6.07, 6.45) is 6.88. The molecule has 7 nitrogen and oxygen atoms in total. The van der Waals surface area contributed by atoms with Crippen LogP contribution in [0.2, 0.25) is 0 Å². The molecule has 4 aromatic rings. The van der Waals surface area contributed by atoms with Gasteiger partial charge in [-0.1, -0.05) is 6.07 Å². The Labute approximate surface area is 155 Å². The molecule has 0 unspecified atom stereocenters. The van der Waals surface area contributed by atoms with Crippen molar-refractivity contribution in [2.24, 2.45) is 7.05 Å². The van der Waals surface area contributed by atoms with Gasteiger partial charge in [-0.05, 0) is 36.4 Å². The molecule has 0 saturated carbocycles. The van der Waals surface area contributed by atoms with E-state index in [1.807, 2.05) is 31.4 Å². The Balaban J connectivity index is 1.54. The van der Waals surface area contributed by atoms with E-state index >= 15 is 0 Å². The molecule has 7 heteroatoms. The molecule has 1 amide bonds. The molecule has 0 bridgehead atoms. The van der Waals surface area contributed by atoms with E-state index in [0.29, 0.717) is 22.8 Å². The monoisotopic (exact) mass is 359 g/mol. The van der Waals surface area contributed by atoms with Crippen molar-refractivity contribution in [2.75, 3.05) is 11.1 Å². The Hall–Kier alpha value is -3.87. The number of pyridine rings is 1. The summed E-state index contributed by atoms with van der Waals surface area (Å²) in [4.78, 5) is 16.8. The minimum Gasteiger partial charge on any atom is -0.464 e. The zero-order chi connectivity index (χ0) is 18.8. The van der Waals surface area contributed by atoms with E-state index in [-0.39, 0.29) is 5.91 Å². The third-order valence-electron chi connectivity index (χ3n) is 4.14. The number of nitrogens with two attached hydrogens (primary N) is 1. The van der Waals surface area contributed by atoms with Crippen molar-refractivity contribution >= 4 is 17.3 Å². The van der Waals surface area contributed by atoms with Crippen molar-refractivity contribution in [1.29, 1.82) is 0 Å². The number of amides is 1. The normalized spacial score (nSPS) is 10.7. The summed E-state index contributed by atoms with van der Waals surface area (Å²) in [5, 5.41) is 6.94. The van der Waals surface area contributed by atoms with Crippen molar-refractivity contribution in [2.45, 2.75) is 0 Å². The van der Waals surface area contributed by atoms with Gasteiger partial charge in [-0.15, -0.1) is 0 Å². The van der Waals surface area contributed by atoms with Crippen LogP contribution in [0.15, 0.2) is 71.7 Å². The molecule has 4 rings (SSSR count). The number of carbonyl (C=O) groups is 1. The number of hydrogen-bond donors (Lipinski definition) is 2. The maximum Gasteiger partial charge on any atom is 0.274 e. The molecule has 0 radical (unpaired) electrons. The first-order valence-corrected chi connectivity index (χ1v) is 8.30. The molecular weight excluding hydrogens is 342 g/mol. The number of hydrogen-bond acceptors (Lipinski definition) is 5. The minimum atomic E-state index is -0.337. The Morgan fingerprint density at radius 3 is 2.63 bits per heavy atom. The number of furan rings is 1. The lowest BCUT2D eigenvalue weighted by molar-refractivity contribution is 0.102. The molecule has 0 fully saturated rings. The summed E-state index contributed by atoms with van der Waals surface area (Å²) in [5.41, 5.74) is 9.91. The van der Waals surface area contributed by atoms with Crippen LogP contribution < -0.4 is 11.1 Å². The van der Waals surface area contributed by atoms with Gasteiger partial charge in [0.1, 0.15) is 11.5 Å². The molecular formula is C20H17N5O2. The topological polar surface area (TPSA) is 99.0 Å². The van der Waals surface area contributed by atoms with E-state index in [4.69, 9.17) is 10.2 Å². The van der Waals surface area contributed by atoms with Crippen LogP contribution in [-0.4, -0.2) is 20.7 Å². The van der Waals surface area contributed by atoms with E-state index in [2.05, 4.69) is 15.4 Å². The van der Waals surface area contributed by atoms with Gasteiger partial charge >= 0.3 is 0 Å². The van der Waals surface area contributed by atoms with Gasteiger partial charge in [-0.25, -0.2) is 0 Å². The number of nitrogens with zero attached hydrogens (tertiary/aromatic N) is 3. The molecule has 0 aliphatic heterocycles. The molecule has 27 heavy (non-hydrogen) atoms. The van der Waals surface area contributed by atoms with E-state index < -0.39 is 0 Å². The first kappa shape index (κ1) is 16.6. The first-order valence-electron chi connectivity index (χ1n) is 8.30. The number of benzene rings is 1. The van der Waals surface area contributed by atoms with Crippen molar-refractivity contribution in [1.82, 2.24) is 14.8 Å². The van der Waals surface area contributed by atoms with Crippen LogP contribution in [0, 0.1) is 0 Å². The van der Waals surface area contributed by atoms with Crippen LogP contribution in [0.1, 0.15) is 10.5 Å². The largest absolute Gasteiger partial charge is 0.464 e. The molecule has 0 atom stereocenters. The average Bonchev–Trinajstić information content (AvgIpc) is 3.35. The van der Waals surface area contributed by atoms with Gasteiger partial charge in [0.25, 0.3) is 5.91 Å². The number of rotatable bonds is 4. The number of carbonyl (C=O) groups excluding carboxylic acids is 1. The van der Waals surface area contributed by atoms with Gasteiger partial charge in [0, 0.05) is 36.1 Å². The summed E-state index contributed by atoms with van der Waals surface area (Å²) >= 11 is 0. The molecule has 0 saturated heterocycles. The molecule has 3 aromatic heterocycles. The SMILES string of the molecule is Cn1cc(-c2ccc(C(=O)Nc3cc(-c4ccco4)ccc3N)nc2)cn1. The van der Waals surface area contributed by atoms with Crippen molar-refractivity contribution in [3.63, 3.8) is 0 Å². The highest BCUT2D eigenvalue weighted by molar-refractivity contribution is 6.05. The minimum absolute atomic E-state index is 0.297. The first-order chi connectivity index (χ1) is 13.1. The molecule has 0 aliphatic rings. The fourth-order valence-electron chi connectivity index (χ4n) is 2.72. The summed E-state index contributed by atoms with van der Waals surface area (Å²) in [6, 6.07) is 12.5. The number of anilines is 2. The second-order valence-electron chi connectivity index (χ2n) is 6.07. The van der Waals surface area contributed by atoms with Gasteiger partial charge in [0.05, 0.1) is 23.8 Å². The summed E-state index contributed by atoms with van der Waals surface area (Å²) < 4.78 is 7.10. The Morgan fingerprint density at radius 2 is 1.96 bits per heavy atom. The van der Waals surface area contributed by atoms with Gasteiger partial charge < -0.3 is 15.5 Å². The van der Waals surface area contributed by atoms with Gasteiger partial charge in [-0.2, -0.15) is 5.10 Å². The smallest absolute Gasteiger partial charge is 0.274 e. The molecule has 3 N–H and O–H groups in total. The van der Waals surface area contributed by atoms with Crippen LogP contribution in [0.25, 0.3) is 22.5 Å². The van der Waals surface area contributed by atoms with Crippen LogP contribution in [0.5, 0.6) is 0 Å². The lowest BCUT2D eigenvalue weighted by Crippen LogP contribution is -2.14. The fraction of sp³-hybridized carbons (Fsp3) is 0.0500. The maximum absolute atomic E-state index is 12.5. The Morgan fingerprint density at radius 1 is 1.11 bits per heavy atom. The lowest BCUT2D eigenvalue weighted by atomic mass is 10.1. The summed E-state index contributed by atoms with van der Waals surface area (Å²) in [6.45, 7) is 0. The van der Waals surface area contributed by atoms with E-state index in [0.717, 1.165) is 16.7 Å². The number of nitrogens with one attached hydrogen (secondary N) is 1. The molecule has 1 aromatic carbocycles. The highest BCUT2D eigenvalue weighted by atomic mass is 16.3. The highest BCUT2D eigenvalue weighted by Gasteiger charge is 2.12. The highest BCUT2D eigenvalue weighted by Crippen LogP contribution is 2.28. The average molecular weight is 359 g/mol. The van der Waals surface area contributed by atoms with Crippen LogP contribution >= 0.6 is 0 Å². The number of aryl methyl sites for hydroxylation is 1. The van der Waals surface area contributed by atoms with Crippen molar-refractivity contribution in [3.8, 4) is 22.5 Å². The summed E-state index contributed by atoms with van der Waals surface area (Å²) in [5.74, 6) is 0.362. The molecule has 0 spiro atoms. The van der Waals surface area contributed by atoms with Gasteiger partial charge in [0.15, 0.2) is 0 Å². The quantitative estimate of drug-likeness (QED) is 0.543. The van der Waals surface area contributed by atoms with Gasteiger partial charge in [-0.3, -0.25) is 14.5 Å². The van der Waals surface area contributed by atoms with Crippen LogP contribution in [0.4, 0.5) is 11.4 Å². The van der Waals surface area contributed by atoms with Crippen molar-refractivity contribution < 1.29 is 9.21 Å². The lowest BCUT2D eigenvalue weighted by Gasteiger charge is -2.09. The maximum atomic E-state index is 12.5. The predicted octanol–water partition coefficient (Wildman–Crippen LogP) is 3.58. The van der Waals surface area contributed by atoms with E-state index in [1.54, 1.807) is 47.6 Å². The molecule has 3 heterocycles. The van der Waals surface area contributed by atoms with Crippen molar-refractivity contribution in [3.05, 3.63) is 73.0 Å². The van der Waals surface area contributed by atoms with E-state index in [9.17, 15) is 4.79 Å². The van der Waals surface area contributed by atoms with Crippen LogP contribution in [0.3, 0.4) is 0 Å². The second kappa shape index (κ2) is 6.80. The zero-order valence-corrected chi connectivity index (χ0v) is 14.6. The van der Waals surface area contributed by atoms with E-state index in [1.165, 1.54) is 0 Å². The fourth-order valence-corrected chi connectivity index (χ4v) is 2.72.